The van der Waals surface area contributed by atoms with E-state index in [1.807, 2.05) is 0 Å². The Kier molecular flexibility index (Phi) is 6.03. The van der Waals surface area contributed by atoms with Crippen molar-refractivity contribution in [1.29, 1.82) is 0 Å². The summed E-state index contributed by atoms with van der Waals surface area (Å²) >= 11 is 5.87. The highest BCUT2D eigenvalue weighted by Crippen LogP contribution is 2.32. The second-order valence-electron chi connectivity index (χ2n) is 6.81. The molecule has 0 radical (unpaired) electrons. The summed E-state index contributed by atoms with van der Waals surface area (Å²) in [6.45, 7) is 0. The lowest BCUT2D eigenvalue weighted by molar-refractivity contribution is 0.0697. The molecule has 1 aromatic heterocycles. The van der Waals surface area contributed by atoms with Gasteiger partial charge in [-0.15, -0.1) is 0 Å². The SMILES string of the molecule is COc1ccc(C(=O)O)cc1Nc1nc2ccccc2nc1NS(=O)(=O)c1ccc(Cl)cc1. The first-order valence-corrected chi connectivity index (χ1v) is 11.4. The molecule has 3 aromatic carbocycles. The van der Waals surface area contributed by atoms with Gasteiger partial charge in [-0.1, -0.05) is 23.7 Å². The minimum absolute atomic E-state index is 0.00958. The Morgan fingerprint density at radius 2 is 1.61 bits per heavy atom. The lowest BCUT2D eigenvalue weighted by Gasteiger charge is -2.16. The van der Waals surface area contributed by atoms with Crippen molar-refractivity contribution in [2.45, 2.75) is 4.90 Å². The molecule has 33 heavy (non-hydrogen) atoms. The number of carboxylic acids is 1. The van der Waals surface area contributed by atoms with E-state index in [-0.39, 0.29) is 27.8 Å². The number of carboxylic acid groups (broad SMARTS) is 1. The third-order valence-electron chi connectivity index (χ3n) is 4.63. The average Bonchev–Trinajstić information content (AvgIpc) is 2.79. The van der Waals surface area contributed by atoms with E-state index >= 15 is 0 Å². The number of hydrogen-bond donors (Lipinski definition) is 3. The first-order chi connectivity index (χ1) is 15.8. The van der Waals surface area contributed by atoms with Crippen LogP contribution in [0.4, 0.5) is 17.3 Å². The smallest absolute Gasteiger partial charge is 0.335 e. The van der Waals surface area contributed by atoms with Crippen LogP contribution in [-0.4, -0.2) is 36.6 Å². The Labute approximate surface area is 194 Å². The summed E-state index contributed by atoms with van der Waals surface area (Å²) in [6.07, 6.45) is 0. The van der Waals surface area contributed by atoms with E-state index in [0.29, 0.717) is 21.8 Å². The van der Waals surface area contributed by atoms with Gasteiger partial charge in [-0.25, -0.2) is 23.2 Å². The number of ether oxygens (including phenoxy) is 1. The van der Waals surface area contributed by atoms with Gasteiger partial charge in [-0.3, -0.25) is 4.72 Å². The van der Waals surface area contributed by atoms with Crippen LogP contribution >= 0.6 is 11.6 Å². The largest absolute Gasteiger partial charge is 0.495 e. The van der Waals surface area contributed by atoms with Gasteiger partial charge in [-0.2, -0.15) is 0 Å². The number of hydrogen-bond acceptors (Lipinski definition) is 7. The predicted molar refractivity (Wildman–Crippen MR) is 125 cm³/mol. The van der Waals surface area contributed by atoms with Crippen LogP contribution in [-0.2, 0) is 10.0 Å². The maximum absolute atomic E-state index is 13.0. The molecule has 0 bridgehead atoms. The molecule has 4 aromatic rings. The summed E-state index contributed by atoms with van der Waals surface area (Å²) in [5.74, 6) is -0.811. The van der Waals surface area contributed by atoms with Gasteiger partial charge in [0.05, 0.1) is 34.3 Å². The molecule has 0 aliphatic heterocycles. The summed E-state index contributed by atoms with van der Waals surface area (Å²) in [6, 6.07) is 16.8. The summed E-state index contributed by atoms with van der Waals surface area (Å²) in [5, 5.41) is 12.7. The highest BCUT2D eigenvalue weighted by molar-refractivity contribution is 7.92. The fourth-order valence-corrected chi connectivity index (χ4v) is 4.16. The quantitative estimate of drug-likeness (QED) is 0.348. The number of nitrogens with one attached hydrogen (secondary N) is 2. The van der Waals surface area contributed by atoms with Gasteiger partial charge >= 0.3 is 5.97 Å². The second kappa shape index (κ2) is 8.93. The van der Waals surface area contributed by atoms with Crippen molar-refractivity contribution in [2.24, 2.45) is 0 Å². The van der Waals surface area contributed by atoms with E-state index in [2.05, 4.69) is 20.0 Å². The highest BCUT2D eigenvalue weighted by Gasteiger charge is 2.20. The number of anilines is 3. The Morgan fingerprint density at radius 3 is 2.21 bits per heavy atom. The van der Waals surface area contributed by atoms with Gasteiger partial charge in [0.2, 0.25) is 0 Å². The average molecular weight is 485 g/mol. The van der Waals surface area contributed by atoms with Crippen molar-refractivity contribution in [3.8, 4) is 5.75 Å². The van der Waals surface area contributed by atoms with Gasteiger partial charge < -0.3 is 15.2 Å². The van der Waals surface area contributed by atoms with Gasteiger partial charge in [0.25, 0.3) is 10.0 Å². The Balaban J connectivity index is 1.81. The standard InChI is InChI=1S/C22H17ClN4O5S/c1-32-19-11-6-13(22(28)29)12-18(19)26-20-21(25-17-5-3-2-4-16(17)24-20)27-33(30,31)15-9-7-14(23)8-10-15/h2-12H,1H3,(H,24,26)(H,25,27)(H,28,29). The number of sulfonamides is 1. The zero-order valence-corrected chi connectivity index (χ0v) is 18.7. The second-order valence-corrected chi connectivity index (χ2v) is 8.93. The lowest BCUT2D eigenvalue weighted by Crippen LogP contribution is -2.16. The van der Waals surface area contributed by atoms with Crippen LogP contribution in [0.15, 0.2) is 71.6 Å². The minimum atomic E-state index is -4.03. The number of halogens is 1. The molecule has 1 heterocycles. The maximum Gasteiger partial charge on any atom is 0.335 e. The van der Waals surface area contributed by atoms with Crippen molar-refractivity contribution in [1.82, 2.24) is 9.97 Å². The molecule has 0 unspecified atom stereocenters. The number of aromatic carboxylic acids is 1. The molecule has 4 rings (SSSR count). The number of aromatic nitrogens is 2. The van der Waals surface area contributed by atoms with E-state index < -0.39 is 16.0 Å². The minimum Gasteiger partial charge on any atom is -0.495 e. The van der Waals surface area contributed by atoms with E-state index in [1.54, 1.807) is 24.3 Å². The van der Waals surface area contributed by atoms with E-state index in [4.69, 9.17) is 16.3 Å². The van der Waals surface area contributed by atoms with Crippen LogP contribution in [0.5, 0.6) is 5.75 Å². The normalized spacial score (nSPS) is 11.2. The van der Waals surface area contributed by atoms with Crippen LogP contribution in [0, 0.1) is 0 Å². The summed E-state index contributed by atoms with van der Waals surface area (Å²) in [5.41, 5.74) is 1.25. The molecule has 0 amide bonds. The third-order valence-corrected chi connectivity index (χ3v) is 6.23. The molecular formula is C22H17ClN4O5S. The molecule has 0 fully saturated rings. The monoisotopic (exact) mass is 484 g/mol. The summed E-state index contributed by atoms with van der Waals surface area (Å²) in [4.78, 5) is 20.3. The van der Waals surface area contributed by atoms with Crippen LogP contribution in [0.1, 0.15) is 10.4 Å². The van der Waals surface area contributed by atoms with Crippen molar-refractivity contribution < 1.29 is 23.1 Å². The first kappa shape index (κ1) is 22.3. The lowest BCUT2D eigenvalue weighted by atomic mass is 10.2. The fraction of sp³-hybridized carbons (Fsp3) is 0.0455. The first-order valence-electron chi connectivity index (χ1n) is 9.50. The Bertz CT molecular complexity index is 1460. The number of carbonyl (C=O) groups is 1. The number of benzene rings is 3. The molecule has 3 N–H and O–H groups in total. The van der Waals surface area contributed by atoms with Crippen LogP contribution in [0.25, 0.3) is 11.0 Å². The number of fused-ring (bicyclic) bond motifs is 1. The molecule has 0 aliphatic carbocycles. The van der Waals surface area contributed by atoms with Crippen molar-refractivity contribution >= 4 is 56.0 Å². The molecule has 168 valence electrons. The molecule has 0 aliphatic rings. The number of nitrogens with zero attached hydrogens (tertiary/aromatic N) is 2. The van der Waals surface area contributed by atoms with E-state index in [0.717, 1.165) is 0 Å². The van der Waals surface area contributed by atoms with Gasteiger partial charge in [0.15, 0.2) is 11.6 Å². The zero-order chi connectivity index (χ0) is 23.6. The van der Waals surface area contributed by atoms with Gasteiger partial charge in [0.1, 0.15) is 5.75 Å². The maximum atomic E-state index is 13.0. The third kappa shape index (κ3) is 4.81. The van der Waals surface area contributed by atoms with Gasteiger partial charge in [-0.05, 0) is 54.6 Å². The van der Waals surface area contributed by atoms with E-state index in [9.17, 15) is 18.3 Å². The Morgan fingerprint density at radius 1 is 0.970 bits per heavy atom. The number of rotatable bonds is 7. The van der Waals surface area contributed by atoms with E-state index in [1.165, 1.54) is 49.6 Å². The topological polar surface area (TPSA) is 131 Å². The van der Waals surface area contributed by atoms with Crippen molar-refractivity contribution in [3.63, 3.8) is 0 Å². The number of methoxy groups -OCH3 is 1. The molecule has 0 atom stereocenters. The summed E-state index contributed by atoms with van der Waals surface area (Å²) in [7, 11) is -2.60. The van der Waals surface area contributed by atoms with Crippen molar-refractivity contribution in [2.75, 3.05) is 17.1 Å². The van der Waals surface area contributed by atoms with Crippen LogP contribution < -0.4 is 14.8 Å². The van der Waals surface area contributed by atoms with Crippen LogP contribution in [0.3, 0.4) is 0 Å². The molecule has 0 spiro atoms. The van der Waals surface area contributed by atoms with Crippen LogP contribution in [0.2, 0.25) is 5.02 Å². The molecule has 0 saturated heterocycles. The zero-order valence-electron chi connectivity index (χ0n) is 17.1. The van der Waals surface area contributed by atoms with Crippen molar-refractivity contribution in [3.05, 3.63) is 77.3 Å². The van der Waals surface area contributed by atoms with Gasteiger partial charge in [0, 0.05) is 5.02 Å². The molecule has 0 saturated carbocycles. The molecule has 9 nitrogen and oxygen atoms in total. The fourth-order valence-electron chi connectivity index (χ4n) is 3.02. The highest BCUT2D eigenvalue weighted by atomic mass is 35.5. The molecule has 11 heteroatoms. The predicted octanol–water partition coefficient (Wildman–Crippen LogP) is 4.53. The Hall–Kier alpha value is -3.89. The molecular weight excluding hydrogens is 468 g/mol. The summed E-state index contributed by atoms with van der Waals surface area (Å²) < 4.78 is 33.7. The number of para-hydroxylation sites is 2.